The van der Waals surface area contributed by atoms with Crippen molar-refractivity contribution in [1.29, 1.82) is 0 Å². The lowest BCUT2D eigenvalue weighted by Gasteiger charge is -2.30. The Morgan fingerprint density at radius 3 is 1.58 bits per heavy atom. The Morgan fingerprint density at radius 2 is 1.04 bits per heavy atom. The zero-order chi connectivity index (χ0) is 43.1. The van der Waals surface area contributed by atoms with Crippen LogP contribution in [0.3, 0.4) is 0 Å². The Kier molecular flexibility index (Phi) is 28.8. The van der Waals surface area contributed by atoms with E-state index in [9.17, 15) is 43.2 Å². The lowest BCUT2D eigenvalue weighted by Crippen LogP contribution is -2.51. The molecule has 6 N–H and O–H groups in total. The second-order valence-corrected chi connectivity index (χ2v) is 12.9. The summed E-state index contributed by atoms with van der Waals surface area (Å²) in [6, 6.07) is -2.51. The molecule has 0 saturated heterocycles. The maximum absolute atomic E-state index is 13.5. The van der Waals surface area contributed by atoms with E-state index in [2.05, 4.69) is 31.9 Å². The second kappa shape index (κ2) is 31.4. The molecule has 0 aromatic rings. The summed E-state index contributed by atoms with van der Waals surface area (Å²) in [6.45, 7) is 9.29. The van der Waals surface area contributed by atoms with E-state index < -0.39 is 78.6 Å². The summed E-state index contributed by atoms with van der Waals surface area (Å²) < 4.78 is 25.1. The summed E-state index contributed by atoms with van der Waals surface area (Å²) in [4.78, 5) is 111. The molecule has 1 atom stereocenters. The van der Waals surface area contributed by atoms with Crippen LogP contribution in [0.15, 0.2) is 0 Å². The zero-order valence-corrected chi connectivity index (χ0v) is 34.3. The summed E-state index contributed by atoms with van der Waals surface area (Å²) in [5.41, 5.74) is -0.660. The second-order valence-electron chi connectivity index (χ2n) is 12.9. The molecular formula is C37H64N6O14. The molecular weight excluding hydrogens is 752 g/mol. The van der Waals surface area contributed by atoms with Crippen molar-refractivity contribution in [3.63, 3.8) is 0 Å². The number of amides is 6. The van der Waals surface area contributed by atoms with Crippen molar-refractivity contribution < 1.29 is 66.8 Å². The number of ketones is 1. The van der Waals surface area contributed by atoms with Gasteiger partial charge in [0.05, 0.1) is 71.9 Å². The van der Waals surface area contributed by atoms with Crippen molar-refractivity contribution in [2.45, 2.75) is 98.1 Å². The van der Waals surface area contributed by atoms with Gasteiger partial charge < -0.3 is 55.6 Å². The number of hydrogen-bond acceptors (Lipinski definition) is 14. The minimum absolute atomic E-state index is 0.0463. The Bertz CT molecular complexity index is 1280. The van der Waals surface area contributed by atoms with Crippen LogP contribution in [0.5, 0.6) is 0 Å². The third-order valence-corrected chi connectivity index (χ3v) is 8.59. The Balaban J connectivity index is 4.66. The molecule has 0 aliphatic heterocycles. The van der Waals surface area contributed by atoms with Crippen molar-refractivity contribution in [3.05, 3.63) is 0 Å². The highest BCUT2D eigenvalue weighted by Crippen LogP contribution is 2.29. The number of carbonyl (C=O) groups is 9. The molecule has 0 rings (SSSR count). The van der Waals surface area contributed by atoms with Crippen LogP contribution in [-0.2, 0) is 66.8 Å². The first-order valence-corrected chi connectivity index (χ1v) is 19.3. The molecule has 326 valence electrons. The van der Waals surface area contributed by atoms with Crippen LogP contribution in [0.4, 0.5) is 0 Å². The largest absolute Gasteiger partial charge is 0.464 e. The Hall–Kier alpha value is -4.69. The van der Waals surface area contributed by atoms with Crippen LogP contribution >= 0.6 is 0 Å². The Labute approximate surface area is 334 Å². The smallest absolute Gasteiger partial charge is 0.340 e. The van der Waals surface area contributed by atoms with E-state index in [1.165, 1.54) is 13.8 Å². The quantitative estimate of drug-likeness (QED) is 0.0263. The average molecular weight is 817 g/mol. The lowest BCUT2D eigenvalue weighted by atomic mass is 9.76. The average Bonchev–Trinajstić information content (AvgIpc) is 3.19. The number of unbranched alkanes of at least 4 members (excludes halogenated alkanes) is 1. The zero-order valence-electron chi connectivity index (χ0n) is 34.3. The standard InChI is InChI=1S/C37H64N6O14/c1-7-37(5,8-2)34(50)26(13-11-12-17-38-28(45)16-18-54-21-22-55-20-19-53-6)42-29(46)15-14-27(44)39-23-30(47)40-24-31(48)41-25-32(49)43-33(35(51)56-9-3)36(52)57-10-4/h26,33H,7-25H2,1-6H3,(H,38,45)(H,39,44)(H,40,47)(H,41,48)(H,42,46)(H,43,49). The topological polar surface area (TPSA) is 272 Å². The van der Waals surface area contributed by atoms with Gasteiger partial charge in [-0.05, 0) is 46.0 Å². The van der Waals surface area contributed by atoms with Crippen LogP contribution in [0.25, 0.3) is 0 Å². The van der Waals surface area contributed by atoms with Crippen LogP contribution in [0.2, 0.25) is 0 Å². The first kappa shape index (κ1) is 52.3. The molecule has 6 amide bonds. The third-order valence-electron chi connectivity index (χ3n) is 8.59. The van der Waals surface area contributed by atoms with Gasteiger partial charge in [-0.2, -0.15) is 0 Å². The van der Waals surface area contributed by atoms with Crippen molar-refractivity contribution in [2.24, 2.45) is 5.41 Å². The molecule has 0 aliphatic rings. The number of carbonyl (C=O) groups excluding carboxylic acids is 9. The molecule has 0 aromatic heterocycles. The van der Waals surface area contributed by atoms with Gasteiger partial charge in [-0.15, -0.1) is 0 Å². The van der Waals surface area contributed by atoms with Crippen molar-refractivity contribution in [2.75, 3.05) is 79.5 Å². The summed E-state index contributed by atoms with van der Waals surface area (Å²) in [5, 5.41) is 14.5. The number of esters is 2. The molecule has 1 unspecified atom stereocenters. The number of rotatable bonds is 33. The Morgan fingerprint density at radius 1 is 0.544 bits per heavy atom. The van der Waals surface area contributed by atoms with Gasteiger partial charge in [-0.1, -0.05) is 20.8 Å². The first-order chi connectivity index (χ1) is 27.2. The monoisotopic (exact) mass is 816 g/mol. The van der Waals surface area contributed by atoms with Crippen molar-refractivity contribution in [3.8, 4) is 0 Å². The summed E-state index contributed by atoms with van der Waals surface area (Å²) in [7, 11) is 1.59. The molecule has 0 saturated carbocycles. The fourth-order valence-corrected chi connectivity index (χ4v) is 4.83. The molecule has 0 aliphatic carbocycles. The molecule has 20 heteroatoms. The molecule has 0 radical (unpaired) electrons. The first-order valence-electron chi connectivity index (χ1n) is 19.3. The summed E-state index contributed by atoms with van der Waals surface area (Å²) in [5.74, 6) is -5.88. The SMILES string of the molecule is CCOC(=O)C(NC(=O)CNC(=O)CNC(=O)CNC(=O)CCC(=O)NC(CCCCNC(=O)CCOCCOCCOC)C(=O)C(C)(CC)CC)C(=O)OCC. The number of nitrogens with one attached hydrogen (secondary N) is 6. The lowest BCUT2D eigenvalue weighted by molar-refractivity contribution is -0.159. The van der Waals surface area contributed by atoms with E-state index in [0.29, 0.717) is 65.1 Å². The van der Waals surface area contributed by atoms with Crippen LogP contribution in [-0.4, -0.2) is 145 Å². The number of methoxy groups -OCH3 is 1. The van der Waals surface area contributed by atoms with E-state index in [4.69, 9.17) is 23.7 Å². The minimum atomic E-state index is -1.72. The van der Waals surface area contributed by atoms with Gasteiger partial charge in [0.2, 0.25) is 41.5 Å². The summed E-state index contributed by atoms with van der Waals surface area (Å²) in [6.07, 6.45) is 2.28. The third kappa shape index (κ3) is 24.5. The minimum Gasteiger partial charge on any atom is -0.464 e. The fraction of sp³-hybridized carbons (Fsp3) is 0.757. The predicted molar refractivity (Wildman–Crippen MR) is 204 cm³/mol. The van der Waals surface area contributed by atoms with Gasteiger partial charge in [0.1, 0.15) is 0 Å². The highest BCUT2D eigenvalue weighted by Gasteiger charge is 2.35. The van der Waals surface area contributed by atoms with Gasteiger partial charge >= 0.3 is 11.9 Å². The molecule has 0 aromatic carbocycles. The van der Waals surface area contributed by atoms with Gasteiger partial charge in [0.15, 0.2) is 5.78 Å². The maximum atomic E-state index is 13.5. The van der Waals surface area contributed by atoms with E-state index in [0.717, 1.165) is 0 Å². The van der Waals surface area contributed by atoms with Crippen molar-refractivity contribution >= 4 is 53.2 Å². The highest BCUT2D eigenvalue weighted by atomic mass is 16.6. The van der Waals surface area contributed by atoms with E-state index >= 15 is 0 Å². The molecule has 0 fully saturated rings. The maximum Gasteiger partial charge on any atom is 0.340 e. The molecule has 0 heterocycles. The molecule has 57 heavy (non-hydrogen) atoms. The van der Waals surface area contributed by atoms with Crippen LogP contribution in [0.1, 0.15) is 86.0 Å². The van der Waals surface area contributed by atoms with Gasteiger partial charge in [0, 0.05) is 38.3 Å². The van der Waals surface area contributed by atoms with Gasteiger partial charge in [0.25, 0.3) is 0 Å². The molecule has 20 nitrogen and oxygen atoms in total. The van der Waals surface area contributed by atoms with E-state index in [-0.39, 0.29) is 50.8 Å². The van der Waals surface area contributed by atoms with Crippen LogP contribution in [0, 0.1) is 5.41 Å². The number of hydrogen-bond donors (Lipinski definition) is 6. The van der Waals surface area contributed by atoms with Crippen LogP contribution < -0.4 is 31.9 Å². The highest BCUT2D eigenvalue weighted by molar-refractivity contribution is 6.03. The van der Waals surface area contributed by atoms with Crippen molar-refractivity contribution in [1.82, 2.24) is 31.9 Å². The van der Waals surface area contributed by atoms with Gasteiger partial charge in [-0.25, -0.2) is 9.59 Å². The van der Waals surface area contributed by atoms with E-state index in [1.807, 2.05) is 20.8 Å². The molecule has 0 spiro atoms. The number of ether oxygens (including phenoxy) is 5. The van der Waals surface area contributed by atoms with E-state index in [1.54, 1.807) is 7.11 Å². The fourth-order valence-electron chi connectivity index (χ4n) is 4.83. The predicted octanol–water partition coefficient (Wildman–Crippen LogP) is -1.04. The van der Waals surface area contributed by atoms with Gasteiger partial charge in [-0.3, -0.25) is 33.6 Å². The number of Topliss-reactive ketones (excluding diaryl/α,β-unsaturated/α-hetero) is 1. The normalized spacial score (nSPS) is 11.5. The summed E-state index contributed by atoms with van der Waals surface area (Å²) >= 11 is 0. The molecule has 0 bridgehead atoms.